The van der Waals surface area contributed by atoms with Gasteiger partial charge in [0.05, 0.1) is 0 Å². The number of hydrogen-bond acceptors (Lipinski definition) is 3. The van der Waals surface area contributed by atoms with Crippen molar-refractivity contribution in [3.05, 3.63) is 30.3 Å². The van der Waals surface area contributed by atoms with Crippen LogP contribution in [0.2, 0.25) is 0 Å². The van der Waals surface area contributed by atoms with Crippen LogP contribution in [-0.4, -0.2) is 61.9 Å². The molecule has 0 bridgehead atoms. The first kappa shape index (κ1) is 15.5. The lowest BCUT2D eigenvalue weighted by atomic mass is 10.0. The van der Waals surface area contributed by atoms with Gasteiger partial charge in [-0.15, -0.1) is 0 Å². The van der Waals surface area contributed by atoms with Crippen LogP contribution in [0.1, 0.15) is 12.8 Å². The van der Waals surface area contributed by atoms with Crippen LogP contribution in [0.3, 0.4) is 0 Å². The normalized spacial score (nSPS) is 16.5. The van der Waals surface area contributed by atoms with Crippen LogP contribution >= 0.6 is 0 Å². The van der Waals surface area contributed by atoms with Gasteiger partial charge >= 0.3 is 11.8 Å². The van der Waals surface area contributed by atoms with Crippen LogP contribution in [0.15, 0.2) is 30.3 Å². The molecule has 0 unspecified atom stereocenters. The fourth-order valence-electron chi connectivity index (χ4n) is 2.61. The summed E-state index contributed by atoms with van der Waals surface area (Å²) in [7, 11) is 5.44. The quantitative estimate of drug-likeness (QED) is 0.769. The monoisotopic (exact) mass is 289 g/mol. The maximum atomic E-state index is 12.4. The van der Waals surface area contributed by atoms with Gasteiger partial charge in [0.2, 0.25) is 0 Å². The van der Waals surface area contributed by atoms with E-state index in [1.807, 2.05) is 30.3 Å². The van der Waals surface area contributed by atoms with E-state index in [2.05, 4.69) is 11.9 Å². The summed E-state index contributed by atoms with van der Waals surface area (Å²) in [6.07, 6.45) is 1.84. The van der Waals surface area contributed by atoms with E-state index in [9.17, 15) is 9.59 Å². The minimum Gasteiger partial charge on any atom is -0.334 e. The zero-order valence-corrected chi connectivity index (χ0v) is 13.0. The Morgan fingerprint density at radius 2 is 1.62 bits per heavy atom. The van der Waals surface area contributed by atoms with Crippen molar-refractivity contribution >= 4 is 17.5 Å². The summed E-state index contributed by atoms with van der Waals surface area (Å²) in [6, 6.07) is 9.38. The maximum Gasteiger partial charge on any atom is 0.316 e. The van der Waals surface area contributed by atoms with Gasteiger partial charge in [-0.25, -0.2) is 0 Å². The number of carbonyl (C=O) groups is 2. The van der Waals surface area contributed by atoms with Crippen molar-refractivity contribution in [2.45, 2.75) is 18.9 Å². The number of benzene rings is 1. The minimum atomic E-state index is -0.484. The molecule has 2 amide bonds. The molecule has 1 fully saturated rings. The lowest BCUT2D eigenvalue weighted by Gasteiger charge is -2.35. The number of piperidine rings is 1. The van der Waals surface area contributed by atoms with Crippen LogP contribution in [-0.2, 0) is 9.59 Å². The van der Waals surface area contributed by atoms with E-state index in [1.54, 1.807) is 19.0 Å². The molecule has 0 N–H and O–H groups in total. The van der Waals surface area contributed by atoms with Crippen molar-refractivity contribution in [3.8, 4) is 0 Å². The molecule has 21 heavy (non-hydrogen) atoms. The highest BCUT2D eigenvalue weighted by molar-refractivity contribution is 6.40. The average molecular weight is 289 g/mol. The highest BCUT2D eigenvalue weighted by Gasteiger charge is 2.29. The minimum absolute atomic E-state index is 0.154. The molecule has 1 aromatic carbocycles. The highest BCUT2D eigenvalue weighted by atomic mass is 16.2. The molecule has 0 aromatic heterocycles. The van der Waals surface area contributed by atoms with Gasteiger partial charge in [0.15, 0.2) is 0 Å². The molecular weight excluding hydrogens is 266 g/mol. The Morgan fingerprint density at radius 1 is 1.05 bits per heavy atom. The lowest BCUT2D eigenvalue weighted by Crippen LogP contribution is -2.49. The smallest absolute Gasteiger partial charge is 0.316 e. The molecule has 1 heterocycles. The van der Waals surface area contributed by atoms with Crippen molar-refractivity contribution in [3.63, 3.8) is 0 Å². The molecule has 1 saturated heterocycles. The summed E-state index contributed by atoms with van der Waals surface area (Å²) in [5.74, 6) is -0.918. The summed E-state index contributed by atoms with van der Waals surface area (Å²) in [5.41, 5.74) is 0.729. The Bertz CT molecular complexity index is 496. The van der Waals surface area contributed by atoms with E-state index < -0.39 is 11.8 Å². The fraction of sp³-hybridized carbons (Fsp3) is 0.500. The number of nitrogens with zero attached hydrogens (tertiary/aromatic N) is 3. The van der Waals surface area contributed by atoms with E-state index in [-0.39, 0.29) is 6.04 Å². The predicted molar refractivity (Wildman–Crippen MR) is 83.1 cm³/mol. The molecule has 0 radical (unpaired) electrons. The van der Waals surface area contributed by atoms with Crippen LogP contribution in [0.25, 0.3) is 0 Å². The molecule has 2 rings (SSSR count). The molecule has 1 aliphatic heterocycles. The van der Waals surface area contributed by atoms with Crippen molar-refractivity contribution < 1.29 is 9.59 Å². The number of hydrogen-bond donors (Lipinski definition) is 0. The van der Waals surface area contributed by atoms with Gasteiger partial charge in [-0.05, 0) is 45.1 Å². The Kier molecular flexibility index (Phi) is 4.96. The molecule has 1 aliphatic rings. The van der Waals surface area contributed by atoms with Gasteiger partial charge in [0.25, 0.3) is 0 Å². The summed E-state index contributed by atoms with van der Waals surface area (Å²) in [4.78, 5) is 29.9. The van der Waals surface area contributed by atoms with E-state index in [0.29, 0.717) is 0 Å². The van der Waals surface area contributed by atoms with Gasteiger partial charge in [-0.3, -0.25) is 9.59 Å². The van der Waals surface area contributed by atoms with Gasteiger partial charge in [-0.2, -0.15) is 0 Å². The Morgan fingerprint density at radius 3 is 2.19 bits per heavy atom. The van der Waals surface area contributed by atoms with Gasteiger partial charge in [-0.1, -0.05) is 18.2 Å². The first-order chi connectivity index (χ1) is 10.0. The summed E-state index contributed by atoms with van der Waals surface area (Å²) in [6.45, 7) is 1.93. The SMILES string of the molecule is CN1CCC(N(C)C(=O)C(=O)N(C)c2ccccc2)CC1. The second-order valence-electron chi connectivity index (χ2n) is 5.65. The number of likely N-dealkylation sites (N-methyl/N-ethyl adjacent to an activating group) is 2. The topological polar surface area (TPSA) is 43.9 Å². The second kappa shape index (κ2) is 6.72. The first-order valence-corrected chi connectivity index (χ1v) is 7.29. The van der Waals surface area contributed by atoms with Crippen LogP contribution < -0.4 is 4.90 Å². The molecule has 0 aliphatic carbocycles. The van der Waals surface area contributed by atoms with E-state index in [0.717, 1.165) is 31.6 Å². The largest absolute Gasteiger partial charge is 0.334 e. The lowest BCUT2D eigenvalue weighted by molar-refractivity contribution is -0.145. The summed E-state index contributed by atoms with van der Waals surface area (Å²) < 4.78 is 0. The Balaban J connectivity index is 2.00. The molecule has 5 nitrogen and oxygen atoms in total. The van der Waals surface area contributed by atoms with Crippen molar-refractivity contribution in [2.75, 3.05) is 39.1 Å². The van der Waals surface area contributed by atoms with Gasteiger partial charge in [0, 0.05) is 25.8 Å². The Labute approximate surface area is 126 Å². The standard InChI is InChI=1S/C16H23N3O2/c1-17-11-9-14(10-12-17)19(3)16(21)15(20)18(2)13-7-5-4-6-8-13/h4-8,14H,9-12H2,1-3H3. The maximum absolute atomic E-state index is 12.4. The van der Waals surface area contributed by atoms with Crippen LogP contribution in [0.4, 0.5) is 5.69 Å². The van der Waals surface area contributed by atoms with Crippen LogP contribution in [0, 0.1) is 0 Å². The fourth-order valence-corrected chi connectivity index (χ4v) is 2.61. The number of carbonyl (C=O) groups excluding carboxylic acids is 2. The zero-order valence-electron chi connectivity index (χ0n) is 13.0. The highest BCUT2D eigenvalue weighted by Crippen LogP contribution is 2.16. The molecule has 114 valence electrons. The van der Waals surface area contributed by atoms with Crippen molar-refractivity contribution in [1.29, 1.82) is 0 Å². The molecule has 5 heteroatoms. The van der Waals surface area contributed by atoms with Gasteiger partial charge in [0.1, 0.15) is 0 Å². The average Bonchev–Trinajstić information content (AvgIpc) is 2.53. The van der Waals surface area contributed by atoms with E-state index in [4.69, 9.17) is 0 Å². The Hall–Kier alpha value is -1.88. The van der Waals surface area contributed by atoms with Crippen LogP contribution in [0.5, 0.6) is 0 Å². The first-order valence-electron chi connectivity index (χ1n) is 7.29. The molecule has 0 spiro atoms. The molecule has 1 aromatic rings. The van der Waals surface area contributed by atoms with Crippen molar-refractivity contribution in [2.24, 2.45) is 0 Å². The third kappa shape index (κ3) is 3.61. The number of likely N-dealkylation sites (tertiary alicyclic amines) is 1. The third-order valence-corrected chi connectivity index (χ3v) is 4.19. The number of rotatable bonds is 2. The zero-order chi connectivity index (χ0) is 15.4. The second-order valence-corrected chi connectivity index (χ2v) is 5.65. The third-order valence-electron chi connectivity index (χ3n) is 4.19. The summed E-state index contributed by atoms with van der Waals surface area (Å²) in [5, 5.41) is 0. The van der Waals surface area contributed by atoms with E-state index >= 15 is 0 Å². The molecule has 0 saturated carbocycles. The summed E-state index contributed by atoms with van der Waals surface area (Å²) >= 11 is 0. The van der Waals surface area contributed by atoms with Gasteiger partial charge < -0.3 is 14.7 Å². The number of amides is 2. The van der Waals surface area contributed by atoms with E-state index in [1.165, 1.54) is 4.90 Å². The number of anilines is 1. The molecular formula is C16H23N3O2. The van der Waals surface area contributed by atoms with Crippen molar-refractivity contribution in [1.82, 2.24) is 9.80 Å². The molecule has 0 atom stereocenters. The predicted octanol–water partition coefficient (Wildman–Crippen LogP) is 1.20. The number of para-hydroxylation sites is 1.